The van der Waals surface area contributed by atoms with Crippen molar-refractivity contribution in [2.45, 2.75) is 218 Å². The third-order valence-electron chi connectivity index (χ3n) is 10.6. The van der Waals surface area contributed by atoms with Gasteiger partial charge in [0.15, 0.2) is 6.29 Å². The minimum atomic E-state index is -5.06. The molecule has 6 unspecified atom stereocenters. The van der Waals surface area contributed by atoms with E-state index in [1.807, 2.05) is 0 Å². The van der Waals surface area contributed by atoms with Crippen molar-refractivity contribution >= 4 is 16.4 Å². The largest absolute Gasteiger partial charge is 0.457 e. The quantitative estimate of drug-likeness (QED) is 0.0198. The summed E-state index contributed by atoms with van der Waals surface area (Å²) >= 11 is 0. The second kappa shape index (κ2) is 40.3. The summed E-state index contributed by atoms with van der Waals surface area (Å²) in [7, 11) is -5.06. The van der Waals surface area contributed by atoms with Crippen LogP contribution in [0.2, 0.25) is 0 Å². The van der Waals surface area contributed by atoms with Crippen molar-refractivity contribution in [1.82, 2.24) is 0 Å². The van der Waals surface area contributed by atoms with E-state index in [0.717, 1.165) is 83.5 Å². The Labute approximate surface area is 376 Å². The number of hydrogen-bond donors (Lipinski definition) is 4. The lowest BCUT2D eigenvalue weighted by atomic mass is 9.99. The zero-order chi connectivity index (χ0) is 45.4. The summed E-state index contributed by atoms with van der Waals surface area (Å²) in [6, 6.07) is 0. The van der Waals surface area contributed by atoms with Gasteiger partial charge < -0.3 is 34.3 Å². The number of esters is 1. The molecular formula is C49H86O12S. The molecule has 0 aromatic heterocycles. The molecule has 0 bridgehead atoms. The van der Waals surface area contributed by atoms with Gasteiger partial charge in [-0.3, -0.25) is 9.35 Å². The van der Waals surface area contributed by atoms with Crippen molar-refractivity contribution in [3.05, 3.63) is 60.8 Å². The first kappa shape index (κ1) is 57.8. The number of hydrogen-bond acceptors (Lipinski definition) is 11. The average Bonchev–Trinajstić information content (AvgIpc) is 3.24. The molecule has 62 heavy (non-hydrogen) atoms. The molecule has 1 aliphatic heterocycles. The van der Waals surface area contributed by atoms with E-state index in [4.69, 9.17) is 23.5 Å². The van der Waals surface area contributed by atoms with E-state index < -0.39 is 59.8 Å². The molecule has 1 aliphatic rings. The zero-order valence-electron chi connectivity index (χ0n) is 38.4. The Morgan fingerprint density at radius 1 is 0.629 bits per heavy atom. The summed E-state index contributed by atoms with van der Waals surface area (Å²) in [6.45, 7) is 3.82. The van der Waals surface area contributed by atoms with Crippen molar-refractivity contribution < 1.29 is 56.2 Å². The molecule has 0 aromatic rings. The highest BCUT2D eigenvalue weighted by Crippen LogP contribution is 2.26. The highest BCUT2D eigenvalue weighted by molar-refractivity contribution is 7.80. The third-order valence-corrected chi connectivity index (χ3v) is 11.1. The summed E-state index contributed by atoms with van der Waals surface area (Å²) in [5.74, 6) is -0.408. The summed E-state index contributed by atoms with van der Waals surface area (Å²) in [5.41, 5.74) is 0. The number of allylic oxidation sites excluding steroid dienone is 10. The van der Waals surface area contributed by atoms with Crippen LogP contribution in [0.1, 0.15) is 181 Å². The molecule has 1 rings (SSSR count). The maximum Gasteiger partial charge on any atom is 0.397 e. The molecular weight excluding hydrogens is 813 g/mol. The molecule has 12 nitrogen and oxygen atoms in total. The monoisotopic (exact) mass is 899 g/mol. The van der Waals surface area contributed by atoms with Crippen molar-refractivity contribution in [2.24, 2.45) is 0 Å². The smallest absolute Gasteiger partial charge is 0.397 e. The van der Waals surface area contributed by atoms with Gasteiger partial charge in [0.2, 0.25) is 0 Å². The van der Waals surface area contributed by atoms with Crippen LogP contribution in [0.4, 0.5) is 0 Å². The van der Waals surface area contributed by atoms with E-state index in [1.165, 1.54) is 70.6 Å². The van der Waals surface area contributed by atoms with Crippen LogP contribution in [0.25, 0.3) is 0 Å². The van der Waals surface area contributed by atoms with Crippen molar-refractivity contribution in [1.29, 1.82) is 0 Å². The Hall–Kier alpha value is -2.20. The summed E-state index contributed by atoms with van der Waals surface area (Å²) in [4.78, 5) is 12.9. The van der Waals surface area contributed by atoms with Crippen LogP contribution in [0.15, 0.2) is 60.8 Å². The molecule has 0 spiro atoms. The molecule has 0 radical (unpaired) electrons. The van der Waals surface area contributed by atoms with Crippen molar-refractivity contribution in [3.63, 3.8) is 0 Å². The van der Waals surface area contributed by atoms with Gasteiger partial charge in [-0.1, -0.05) is 164 Å². The van der Waals surface area contributed by atoms with Crippen LogP contribution in [0.3, 0.4) is 0 Å². The normalized spacial score (nSPS) is 20.5. The minimum Gasteiger partial charge on any atom is -0.457 e. The second-order valence-electron chi connectivity index (χ2n) is 16.3. The Balaban J connectivity index is 2.36. The van der Waals surface area contributed by atoms with Crippen molar-refractivity contribution in [3.8, 4) is 0 Å². The molecule has 0 amide bonds. The number of carbonyl (C=O) groups is 1. The predicted octanol–water partition coefficient (Wildman–Crippen LogP) is 10.5. The third kappa shape index (κ3) is 33.3. The molecule has 0 aliphatic carbocycles. The van der Waals surface area contributed by atoms with E-state index in [9.17, 15) is 28.5 Å². The lowest BCUT2D eigenvalue weighted by molar-refractivity contribution is -0.301. The molecule has 1 heterocycles. The molecule has 4 N–H and O–H groups in total. The van der Waals surface area contributed by atoms with Crippen LogP contribution in [0, 0.1) is 0 Å². The highest BCUT2D eigenvalue weighted by atomic mass is 32.3. The molecule has 6 atom stereocenters. The molecule has 0 saturated carbocycles. The highest BCUT2D eigenvalue weighted by Gasteiger charge is 2.48. The molecule has 13 heteroatoms. The van der Waals surface area contributed by atoms with Gasteiger partial charge in [0.1, 0.15) is 30.5 Å². The number of ether oxygens (including phenoxy) is 4. The van der Waals surface area contributed by atoms with E-state index >= 15 is 0 Å². The summed E-state index contributed by atoms with van der Waals surface area (Å²) < 4.78 is 59.1. The topological polar surface area (TPSA) is 178 Å². The maximum atomic E-state index is 12.9. The average molecular weight is 899 g/mol. The van der Waals surface area contributed by atoms with E-state index in [2.05, 4.69) is 78.8 Å². The van der Waals surface area contributed by atoms with Gasteiger partial charge in [-0.25, -0.2) is 4.18 Å². The van der Waals surface area contributed by atoms with Gasteiger partial charge in [-0.15, -0.1) is 0 Å². The zero-order valence-corrected chi connectivity index (χ0v) is 39.2. The SMILES string of the molecule is CC/C=C\C/C=C\C/C=C\C/C=C\CCCCCCCCCCCCC(=O)OC(COCCCCCCCC/C=C\CCCC)COC1OC(CO)C(O)C(OS(=O)(=O)O)C1O. The Kier molecular flexibility index (Phi) is 37.6. The van der Waals surface area contributed by atoms with Gasteiger partial charge in [-0.2, -0.15) is 8.42 Å². The maximum absolute atomic E-state index is 12.9. The predicted molar refractivity (Wildman–Crippen MR) is 248 cm³/mol. The molecule has 1 fully saturated rings. The van der Waals surface area contributed by atoms with Crippen molar-refractivity contribution in [2.75, 3.05) is 26.4 Å². The number of carbonyl (C=O) groups excluding carboxylic acids is 1. The molecule has 1 saturated heterocycles. The van der Waals surface area contributed by atoms with Crippen LogP contribution < -0.4 is 0 Å². The lowest BCUT2D eigenvalue weighted by Gasteiger charge is -2.41. The summed E-state index contributed by atoms with van der Waals surface area (Å²) in [5, 5.41) is 30.7. The Morgan fingerprint density at radius 2 is 1.11 bits per heavy atom. The van der Waals surface area contributed by atoms with Crippen LogP contribution in [-0.2, 0) is 38.3 Å². The summed E-state index contributed by atoms with van der Waals surface area (Å²) in [6.07, 6.45) is 41.1. The van der Waals surface area contributed by atoms with Gasteiger partial charge >= 0.3 is 16.4 Å². The van der Waals surface area contributed by atoms with Gasteiger partial charge in [0.05, 0.1) is 19.8 Å². The fourth-order valence-corrected chi connectivity index (χ4v) is 7.51. The number of unbranched alkanes of at least 4 members (excludes halogenated alkanes) is 18. The minimum absolute atomic E-state index is 0.0281. The fraction of sp³-hybridized carbons (Fsp3) is 0.776. The first-order chi connectivity index (χ1) is 30.1. The van der Waals surface area contributed by atoms with Gasteiger partial charge in [-0.05, 0) is 70.6 Å². The number of rotatable bonds is 41. The van der Waals surface area contributed by atoms with E-state index in [-0.39, 0.29) is 19.6 Å². The van der Waals surface area contributed by atoms with Gasteiger partial charge in [0.25, 0.3) is 0 Å². The second-order valence-corrected chi connectivity index (χ2v) is 17.4. The van der Waals surface area contributed by atoms with E-state index in [0.29, 0.717) is 13.0 Å². The number of aliphatic hydroxyl groups excluding tert-OH is 3. The molecule has 0 aromatic carbocycles. The first-order valence-electron chi connectivity index (χ1n) is 24.0. The lowest BCUT2D eigenvalue weighted by Crippen LogP contribution is -2.60. The van der Waals surface area contributed by atoms with Crippen LogP contribution in [0.5, 0.6) is 0 Å². The standard InChI is InChI=1S/C49H86O12S/c1-3-5-7-9-11-13-15-17-18-19-20-21-22-23-24-25-26-27-28-30-32-34-36-38-45(51)59-43(41-57-39-37-35-33-31-29-16-14-12-10-8-6-4-2)42-58-49-47(53)48(61-62(54,55)56)46(52)44(40-50)60-49/h5,7,10-13,17-18,20-21,43-44,46-50,52-53H,3-4,6,8-9,14-16,19,22-42H2,1-2H3,(H,54,55,56)/b7-5-,12-10-,13-11-,18-17-,21-20-. The number of aliphatic hydroxyl groups is 3. The molecule has 360 valence electrons. The van der Waals surface area contributed by atoms with Crippen LogP contribution >= 0.6 is 0 Å². The first-order valence-corrected chi connectivity index (χ1v) is 25.4. The van der Waals surface area contributed by atoms with Crippen LogP contribution in [-0.4, -0.2) is 97.5 Å². The Morgan fingerprint density at radius 3 is 1.65 bits per heavy atom. The Bertz CT molecular complexity index is 1310. The van der Waals surface area contributed by atoms with Gasteiger partial charge in [0, 0.05) is 13.0 Å². The fourth-order valence-electron chi connectivity index (χ4n) is 7.00. The van der Waals surface area contributed by atoms with E-state index in [1.54, 1.807) is 0 Å².